The summed E-state index contributed by atoms with van der Waals surface area (Å²) in [7, 11) is 0. The van der Waals surface area contributed by atoms with Crippen molar-refractivity contribution in [3.05, 3.63) is 0 Å². The molecule has 7 heteroatoms. The Hall–Kier alpha value is -1.24. The van der Waals surface area contributed by atoms with Gasteiger partial charge in [0.1, 0.15) is 0 Å². The lowest BCUT2D eigenvalue weighted by Gasteiger charge is -2.18. The molecule has 0 bridgehead atoms. The molecule has 0 saturated carbocycles. The molecule has 0 radical (unpaired) electrons. The van der Waals surface area contributed by atoms with Gasteiger partial charge >= 0.3 is 12.1 Å². The third kappa shape index (κ3) is 8.86. The van der Waals surface area contributed by atoms with E-state index in [2.05, 4.69) is 20.9 Å². The van der Waals surface area contributed by atoms with E-state index in [1.54, 1.807) is 6.26 Å². The van der Waals surface area contributed by atoms with Crippen LogP contribution in [0.3, 0.4) is 0 Å². The topological polar surface area (TPSA) is 82.6 Å². The zero-order valence-corrected chi connectivity index (χ0v) is 12.6. The van der Waals surface area contributed by atoms with Gasteiger partial charge in [-0.3, -0.25) is 5.32 Å². The van der Waals surface area contributed by atoms with Crippen LogP contribution in [0.2, 0.25) is 0 Å². The lowest BCUT2D eigenvalue weighted by Crippen LogP contribution is -2.43. The van der Waals surface area contributed by atoms with E-state index in [1.165, 1.54) is 11.8 Å². The molecule has 0 aliphatic heterocycles. The summed E-state index contributed by atoms with van der Waals surface area (Å²) in [6.45, 7) is 9.28. The second kappa shape index (κ2) is 7.25. The van der Waals surface area contributed by atoms with Gasteiger partial charge in [-0.15, -0.1) is 0 Å². The van der Waals surface area contributed by atoms with Crippen LogP contribution in [-0.2, 0) is 0 Å². The van der Waals surface area contributed by atoms with Crippen molar-refractivity contribution in [2.24, 2.45) is 4.99 Å². The molecule has 0 fully saturated rings. The summed E-state index contributed by atoms with van der Waals surface area (Å²) in [6.07, 6.45) is 1.73. The number of nitrogens with zero attached hydrogens (tertiary/aromatic N) is 1. The lowest BCUT2D eigenvalue weighted by molar-refractivity contribution is 0.240. The van der Waals surface area contributed by atoms with Crippen LogP contribution in [0.1, 0.15) is 34.6 Å². The molecule has 4 amide bonds. The standard InChI is InChI=1S/C11H22N4O2S/c1-7(2)12-8(16)13-10(18-6)14-9(17)15-11(3,4)5/h7H,1-6H3,(H3,12,13,14,15,16,17). The molecular weight excluding hydrogens is 252 g/mol. The van der Waals surface area contributed by atoms with Crippen molar-refractivity contribution in [3.63, 3.8) is 0 Å². The maximum absolute atomic E-state index is 11.5. The van der Waals surface area contributed by atoms with Gasteiger partial charge in [0.25, 0.3) is 0 Å². The van der Waals surface area contributed by atoms with E-state index in [1.807, 2.05) is 34.6 Å². The number of hydrogen-bond acceptors (Lipinski definition) is 3. The highest BCUT2D eigenvalue weighted by Crippen LogP contribution is 2.01. The van der Waals surface area contributed by atoms with Crippen molar-refractivity contribution in [1.82, 2.24) is 16.0 Å². The number of carbonyl (C=O) groups excluding carboxylic acids is 2. The SMILES string of the molecule is CSC(=NC(=O)NC(C)(C)C)NC(=O)NC(C)C. The number of aliphatic imine (C=N–C) groups is 1. The number of carbonyl (C=O) groups is 2. The van der Waals surface area contributed by atoms with E-state index >= 15 is 0 Å². The number of urea groups is 2. The van der Waals surface area contributed by atoms with E-state index in [-0.39, 0.29) is 22.8 Å². The minimum Gasteiger partial charge on any atom is -0.336 e. The van der Waals surface area contributed by atoms with Gasteiger partial charge in [-0.2, -0.15) is 4.99 Å². The van der Waals surface area contributed by atoms with Crippen LogP contribution in [0.25, 0.3) is 0 Å². The smallest absolute Gasteiger partial charge is 0.336 e. The fourth-order valence-electron chi connectivity index (χ4n) is 0.961. The van der Waals surface area contributed by atoms with Gasteiger partial charge in [-0.05, 0) is 40.9 Å². The summed E-state index contributed by atoms with van der Waals surface area (Å²) in [5.41, 5.74) is -0.357. The summed E-state index contributed by atoms with van der Waals surface area (Å²) >= 11 is 1.20. The maximum Gasteiger partial charge on any atom is 0.343 e. The third-order valence-corrected chi connectivity index (χ3v) is 2.10. The third-order valence-electron chi connectivity index (χ3n) is 1.52. The summed E-state index contributed by atoms with van der Waals surface area (Å²) in [5.74, 6) is 0. The Morgan fingerprint density at radius 2 is 1.78 bits per heavy atom. The predicted molar refractivity (Wildman–Crippen MR) is 76.0 cm³/mol. The molecule has 0 heterocycles. The van der Waals surface area contributed by atoms with Crippen LogP contribution in [0.15, 0.2) is 4.99 Å². The van der Waals surface area contributed by atoms with Crippen LogP contribution in [0.5, 0.6) is 0 Å². The normalized spacial score (nSPS) is 12.3. The van der Waals surface area contributed by atoms with Crippen molar-refractivity contribution < 1.29 is 9.59 Å². The Labute approximate surface area is 112 Å². The highest BCUT2D eigenvalue weighted by molar-refractivity contribution is 8.13. The Balaban J connectivity index is 4.49. The fourth-order valence-corrected chi connectivity index (χ4v) is 1.33. The zero-order chi connectivity index (χ0) is 14.3. The van der Waals surface area contributed by atoms with Crippen molar-refractivity contribution >= 4 is 29.0 Å². The van der Waals surface area contributed by atoms with E-state index in [4.69, 9.17) is 0 Å². The summed E-state index contributed by atoms with van der Waals surface area (Å²) in [5, 5.41) is 8.12. The maximum atomic E-state index is 11.5. The van der Waals surface area contributed by atoms with Gasteiger partial charge in [-0.25, -0.2) is 9.59 Å². The number of hydrogen-bond donors (Lipinski definition) is 3. The molecule has 0 atom stereocenters. The molecule has 0 aromatic carbocycles. The Morgan fingerprint density at radius 1 is 1.22 bits per heavy atom. The summed E-state index contributed by atoms with van der Waals surface area (Å²) in [6, 6.07) is -0.824. The summed E-state index contributed by atoms with van der Waals surface area (Å²) < 4.78 is 0. The molecule has 0 unspecified atom stereocenters. The van der Waals surface area contributed by atoms with Crippen molar-refractivity contribution in [2.75, 3.05) is 6.26 Å². The van der Waals surface area contributed by atoms with E-state index in [0.717, 1.165) is 0 Å². The second-order valence-corrected chi connectivity index (χ2v) is 5.85. The molecule has 104 valence electrons. The van der Waals surface area contributed by atoms with E-state index < -0.39 is 6.03 Å². The van der Waals surface area contributed by atoms with Crippen LogP contribution in [-0.4, -0.2) is 35.1 Å². The molecule has 0 saturated heterocycles. The zero-order valence-electron chi connectivity index (χ0n) is 11.7. The predicted octanol–water partition coefficient (Wildman–Crippen LogP) is 1.92. The molecule has 6 nitrogen and oxygen atoms in total. The van der Waals surface area contributed by atoms with Crippen LogP contribution in [0.4, 0.5) is 9.59 Å². The molecule has 18 heavy (non-hydrogen) atoms. The monoisotopic (exact) mass is 274 g/mol. The first-order valence-corrected chi connectivity index (χ1v) is 6.89. The van der Waals surface area contributed by atoms with Gasteiger partial charge in [-0.1, -0.05) is 11.8 Å². The first-order valence-electron chi connectivity index (χ1n) is 5.66. The second-order valence-electron chi connectivity index (χ2n) is 5.05. The minimum atomic E-state index is -0.475. The highest BCUT2D eigenvalue weighted by atomic mass is 32.2. The van der Waals surface area contributed by atoms with Gasteiger partial charge in [0.2, 0.25) is 0 Å². The Morgan fingerprint density at radius 3 is 2.17 bits per heavy atom. The number of amides is 4. The molecule has 0 spiro atoms. The van der Waals surface area contributed by atoms with Gasteiger partial charge in [0.05, 0.1) is 0 Å². The van der Waals surface area contributed by atoms with Crippen molar-refractivity contribution in [1.29, 1.82) is 0 Å². The number of nitrogens with one attached hydrogen (secondary N) is 3. The van der Waals surface area contributed by atoms with Gasteiger partial charge in [0, 0.05) is 11.6 Å². The first kappa shape index (κ1) is 16.8. The van der Waals surface area contributed by atoms with Crippen molar-refractivity contribution in [3.8, 4) is 0 Å². The Bertz CT molecular complexity index is 334. The molecule has 0 aromatic heterocycles. The first-order chi connectivity index (χ1) is 8.14. The van der Waals surface area contributed by atoms with Crippen LogP contribution >= 0.6 is 11.8 Å². The lowest BCUT2D eigenvalue weighted by atomic mass is 10.1. The summed E-state index contributed by atoms with van der Waals surface area (Å²) in [4.78, 5) is 26.8. The number of amidine groups is 1. The fraction of sp³-hybridized carbons (Fsp3) is 0.727. The van der Waals surface area contributed by atoms with Crippen molar-refractivity contribution in [2.45, 2.75) is 46.2 Å². The number of rotatable bonds is 1. The molecular formula is C11H22N4O2S. The molecule has 3 N–H and O–H groups in total. The molecule has 0 aliphatic carbocycles. The highest BCUT2D eigenvalue weighted by Gasteiger charge is 2.14. The quantitative estimate of drug-likeness (QED) is 0.504. The molecule has 0 aliphatic rings. The molecule has 0 aromatic rings. The van der Waals surface area contributed by atoms with Gasteiger partial charge < -0.3 is 10.6 Å². The molecule has 0 rings (SSSR count). The average Bonchev–Trinajstić information content (AvgIpc) is 2.11. The minimum absolute atomic E-state index is 0.0245. The van der Waals surface area contributed by atoms with E-state index in [9.17, 15) is 9.59 Å². The average molecular weight is 274 g/mol. The van der Waals surface area contributed by atoms with E-state index in [0.29, 0.717) is 0 Å². The number of thioether (sulfide) groups is 1. The van der Waals surface area contributed by atoms with Crippen LogP contribution < -0.4 is 16.0 Å². The Kier molecular flexibility index (Phi) is 6.75. The van der Waals surface area contributed by atoms with Gasteiger partial charge in [0.15, 0.2) is 5.17 Å². The largest absolute Gasteiger partial charge is 0.343 e. The van der Waals surface area contributed by atoms with Crippen LogP contribution in [0, 0.1) is 0 Å².